The van der Waals surface area contributed by atoms with Crippen molar-refractivity contribution in [2.24, 2.45) is 0 Å². The maximum absolute atomic E-state index is 12.1. The Morgan fingerprint density at radius 1 is 1.10 bits per heavy atom. The molecule has 0 bridgehead atoms. The molecule has 11 heteroatoms. The molecule has 0 saturated heterocycles. The van der Waals surface area contributed by atoms with E-state index in [4.69, 9.17) is 0 Å². The first kappa shape index (κ1) is 20.2. The molecule has 5 nitrogen and oxygen atoms in total. The number of rotatable bonds is 4. The van der Waals surface area contributed by atoms with Crippen LogP contribution in [0.15, 0.2) is 35.7 Å². The molecule has 0 saturated carbocycles. The third kappa shape index (κ3) is 4.91. The Kier molecular flexibility index (Phi) is 7.09. The van der Waals surface area contributed by atoms with Crippen LogP contribution < -0.4 is 55.5 Å². The summed E-state index contributed by atoms with van der Waals surface area (Å²) in [5.41, 5.74) is -5.18. The molecule has 1 rings (SSSR count). The predicted molar refractivity (Wildman–Crippen MR) is 62.9 cm³/mol. The van der Waals surface area contributed by atoms with E-state index in [1.807, 2.05) is 0 Å². The molecule has 1 aromatic rings. The first-order valence-electron chi connectivity index (χ1n) is 4.57. The maximum atomic E-state index is 12.1. The molecule has 0 aromatic heterocycles. The summed E-state index contributed by atoms with van der Waals surface area (Å²) < 4.78 is 81.3. The van der Waals surface area contributed by atoms with E-state index in [1.165, 1.54) is 18.2 Å². The van der Waals surface area contributed by atoms with Crippen LogP contribution in [0.2, 0.25) is 0 Å². The van der Waals surface area contributed by atoms with Crippen molar-refractivity contribution in [1.82, 2.24) is 4.13 Å². The van der Waals surface area contributed by atoms with Gasteiger partial charge in [0.1, 0.15) is 0 Å². The fraction of sp³-hybridized carbons (Fsp3) is 0.111. The molecule has 0 atom stereocenters. The third-order valence-electron chi connectivity index (χ3n) is 1.95. The van der Waals surface area contributed by atoms with Crippen LogP contribution in [-0.2, 0) is 20.0 Å². The minimum atomic E-state index is -5.98. The van der Waals surface area contributed by atoms with Crippen LogP contribution in [0.3, 0.4) is 0 Å². The Bertz CT molecular complexity index is 687. The number of halogens is 3. The van der Waals surface area contributed by atoms with E-state index in [2.05, 4.69) is 6.58 Å². The molecule has 1 aromatic carbocycles. The average molecular weight is 355 g/mol. The van der Waals surface area contributed by atoms with Gasteiger partial charge < -0.3 is 1.43 Å². The van der Waals surface area contributed by atoms with E-state index < -0.39 is 30.5 Å². The van der Waals surface area contributed by atoms with E-state index >= 15 is 0 Å². The second-order valence-electron chi connectivity index (χ2n) is 3.31. The fourth-order valence-electron chi connectivity index (χ4n) is 1.02. The zero-order valence-corrected chi connectivity index (χ0v) is 14.9. The normalized spacial score (nSPS) is 12.6. The number of sulfonamides is 2. The van der Waals surface area contributed by atoms with Gasteiger partial charge in [0.15, 0.2) is 0 Å². The molecule has 0 radical (unpaired) electrons. The Balaban J connectivity index is 0. The molecule has 0 amide bonds. The summed E-state index contributed by atoms with van der Waals surface area (Å²) in [5, 5.41) is 0. The summed E-state index contributed by atoms with van der Waals surface area (Å²) in [5.74, 6) is 0. The van der Waals surface area contributed by atoms with Gasteiger partial charge in [-0.25, -0.2) is 16.8 Å². The second-order valence-corrected chi connectivity index (χ2v) is 6.92. The summed E-state index contributed by atoms with van der Waals surface area (Å²) in [6, 6.07) is 4.46. The van der Waals surface area contributed by atoms with Gasteiger partial charge in [-0.1, -0.05) is 28.9 Å². The topological polar surface area (TPSA) is 80.3 Å². The second kappa shape index (κ2) is 7.00. The van der Waals surface area contributed by atoms with Crippen LogP contribution in [0.5, 0.6) is 0 Å². The van der Waals surface area contributed by atoms with E-state index in [0.717, 1.165) is 12.1 Å². The van der Waals surface area contributed by atoms with Gasteiger partial charge >= 0.3 is 66.9 Å². The summed E-state index contributed by atoms with van der Waals surface area (Å²) in [7, 11) is -10.8. The maximum Gasteiger partial charge on any atom is 1.00 e. The van der Waals surface area contributed by atoms with E-state index in [-0.39, 0.29) is 52.8 Å². The molecule has 0 fully saturated rings. The van der Waals surface area contributed by atoms with Gasteiger partial charge in [-0.2, -0.15) is 13.2 Å². The third-order valence-corrected chi connectivity index (χ3v) is 5.21. The number of nitrogens with one attached hydrogen (secondary N) is 1. The molecule has 0 heterocycles. The predicted octanol–water partition coefficient (Wildman–Crippen LogP) is -1.43. The van der Waals surface area contributed by atoms with Crippen molar-refractivity contribution in [2.75, 3.05) is 0 Å². The Morgan fingerprint density at radius 2 is 1.55 bits per heavy atom. The molecule has 0 aliphatic carbocycles. The molecular weight excluding hydrogens is 346 g/mol. The van der Waals surface area contributed by atoms with Gasteiger partial charge in [-0.15, -0.1) is 0 Å². The first-order chi connectivity index (χ1) is 8.49. The van der Waals surface area contributed by atoms with Gasteiger partial charge in [0.25, 0.3) is 10.0 Å². The molecule has 0 aliphatic heterocycles. The average Bonchev–Trinajstić information content (AvgIpc) is 2.26. The smallest absolute Gasteiger partial charge is 1.00 e. The van der Waals surface area contributed by atoms with Gasteiger partial charge in [0.05, 0.1) is 4.90 Å². The van der Waals surface area contributed by atoms with Crippen LogP contribution in [0.25, 0.3) is 6.08 Å². The van der Waals surface area contributed by atoms with E-state index in [9.17, 15) is 30.0 Å². The molecule has 20 heavy (non-hydrogen) atoms. The van der Waals surface area contributed by atoms with Crippen molar-refractivity contribution in [3.05, 3.63) is 36.4 Å². The van der Waals surface area contributed by atoms with Crippen molar-refractivity contribution < 1.29 is 82.8 Å². The number of alkyl halides is 3. The molecule has 0 spiro atoms. The molecule has 0 aliphatic rings. The number of hydrogen-bond donors (Lipinski definition) is 1. The van der Waals surface area contributed by atoms with Crippen LogP contribution in [-0.4, -0.2) is 22.3 Å². The van der Waals surface area contributed by atoms with Crippen molar-refractivity contribution in [3.63, 3.8) is 0 Å². The quantitative estimate of drug-likeness (QED) is 0.672. The van der Waals surface area contributed by atoms with E-state index in [0.29, 0.717) is 9.69 Å². The Labute approximate surface area is 158 Å². The van der Waals surface area contributed by atoms with Crippen LogP contribution >= 0.6 is 0 Å². The summed E-state index contributed by atoms with van der Waals surface area (Å²) in [6.45, 7) is 3.40. The minimum Gasteiger partial charge on any atom is -1.00 e. The van der Waals surface area contributed by atoms with Gasteiger partial charge in [-0.05, 0) is 17.7 Å². The number of hydrogen-bond acceptors (Lipinski definition) is 4. The fourth-order valence-corrected chi connectivity index (χ4v) is 3.44. The van der Waals surface area contributed by atoms with Crippen LogP contribution in [0.1, 0.15) is 6.99 Å². The standard InChI is InChI=1S/C9H8F3NO4S2.K.H/c1-2-7-3-5-8(6-4-7)18(14,15)13-19(16,17)9(10,11)12;;/h2-6,13H,1H2;;/q;+1;-1. The van der Waals surface area contributed by atoms with Crippen molar-refractivity contribution in [3.8, 4) is 0 Å². The number of benzene rings is 1. The molecule has 1 N–H and O–H groups in total. The van der Waals surface area contributed by atoms with Gasteiger partial charge in [0.2, 0.25) is 0 Å². The first-order valence-corrected chi connectivity index (χ1v) is 7.53. The molecule has 108 valence electrons. The van der Waals surface area contributed by atoms with Crippen LogP contribution in [0.4, 0.5) is 13.2 Å². The summed E-state index contributed by atoms with van der Waals surface area (Å²) in [6.07, 6.45) is 1.39. The summed E-state index contributed by atoms with van der Waals surface area (Å²) >= 11 is 0. The van der Waals surface area contributed by atoms with Crippen molar-refractivity contribution >= 4 is 26.1 Å². The van der Waals surface area contributed by atoms with Crippen molar-refractivity contribution in [1.29, 1.82) is 0 Å². The SMILES string of the molecule is C=Cc1ccc(S(=O)(=O)NS(=O)(=O)C(F)(F)F)cc1.[H-].[K+]. The largest absolute Gasteiger partial charge is 1.00 e. The molecular formula is C9H9F3KNO4S2. The summed E-state index contributed by atoms with van der Waals surface area (Å²) in [4.78, 5) is -0.606. The zero-order chi connectivity index (χ0) is 14.9. The van der Waals surface area contributed by atoms with Crippen LogP contribution in [0, 0.1) is 0 Å². The molecule has 0 unspecified atom stereocenters. The van der Waals surface area contributed by atoms with E-state index in [1.54, 1.807) is 0 Å². The van der Waals surface area contributed by atoms with Gasteiger partial charge in [0, 0.05) is 0 Å². The Hall–Kier alpha value is 0.246. The Morgan fingerprint density at radius 3 is 1.90 bits per heavy atom. The van der Waals surface area contributed by atoms with Gasteiger partial charge in [-0.3, -0.25) is 0 Å². The monoisotopic (exact) mass is 355 g/mol. The zero-order valence-electron chi connectivity index (χ0n) is 11.2. The van der Waals surface area contributed by atoms with Crippen molar-refractivity contribution in [2.45, 2.75) is 10.4 Å². The minimum absolute atomic E-state index is 0.